The van der Waals surface area contributed by atoms with E-state index < -0.39 is 24.1 Å². The predicted octanol–water partition coefficient (Wildman–Crippen LogP) is -1.74. The van der Waals surface area contributed by atoms with Crippen molar-refractivity contribution in [2.75, 3.05) is 11.9 Å². The lowest BCUT2D eigenvalue weighted by atomic mass is 10.2. The molecule has 1 unspecified atom stereocenters. The van der Waals surface area contributed by atoms with Crippen molar-refractivity contribution >= 4 is 17.9 Å². The number of hydrogen-bond donors (Lipinski definition) is 3. The van der Waals surface area contributed by atoms with Crippen LogP contribution in [-0.4, -0.2) is 66.0 Å². The van der Waals surface area contributed by atoms with Crippen LogP contribution in [0.2, 0.25) is 0 Å². The van der Waals surface area contributed by atoms with Gasteiger partial charge in [0.15, 0.2) is 0 Å². The molecule has 1 aromatic heterocycles. The summed E-state index contributed by atoms with van der Waals surface area (Å²) < 4.78 is 0. The molecule has 2 heterocycles. The largest absolute Gasteiger partial charge is 0.480 e. The van der Waals surface area contributed by atoms with E-state index in [1.807, 2.05) is 0 Å². The van der Waals surface area contributed by atoms with Crippen LogP contribution in [0, 0.1) is 0 Å². The number of amides is 2. The summed E-state index contributed by atoms with van der Waals surface area (Å²) in [5, 5.41) is 31.5. The van der Waals surface area contributed by atoms with Crippen molar-refractivity contribution in [3.63, 3.8) is 0 Å². The van der Waals surface area contributed by atoms with E-state index in [9.17, 15) is 14.7 Å². The van der Waals surface area contributed by atoms with Crippen LogP contribution < -0.4 is 5.32 Å². The fourth-order valence-corrected chi connectivity index (χ4v) is 1.77. The first-order valence-electron chi connectivity index (χ1n) is 5.20. The highest BCUT2D eigenvalue weighted by atomic mass is 16.4. The molecule has 3 N–H and O–H groups in total. The molecule has 1 saturated heterocycles. The Labute approximate surface area is 101 Å². The van der Waals surface area contributed by atoms with Crippen LogP contribution in [0.5, 0.6) is 0 Å². The topological polar surface area (TPSA) is 133 Å². The molecule has 0 spiro atoms. The second-order valence-corrected chi connectivity index (χ2v) is 3.93. The number of β-amino-alcohol motifs (C(OH)–C–C–N with tert-alkyl or cyclic N) is 1. The monoisotopic (exact) mass is 256 g/mol. The molecule has 2 amide bonds. The van der Waals surface area contributed by atoms with Gasteiger partial charge in [-0.1, -0.05) is 5.10 Å². The van der Waals surface area contributed by atoms with Gasteiger partial charge in [0, 0.05) is 13.0 Å². The average Bonchev–Trinajstić information content (AvgIpc) is 2.85. The van der Waals surface area contributed by atoms with Gasteiger partial charge < -0.3 is 15.1 Å². The van der Waals surface area contributed by atoms with Gasteiger partial charge in [0.1, 0.15) is 6.04 Å². The third-order valence-electron chi connectivity index (χ3n) is 2.55. The number of likely N-dealkylation sites (tertiary alicyclic amines) is 1. The molecule has 98 valence electrons. The van der Waals surface area contributed by atoms with Crippen molar-refractivity contribution in [1.82, 2.24) is 25.1 Å². The quantitative estimate of drug-likeness (QED) is 0.572. The van der Waals surface area contributed by atoms with Crippen LogP contribution in [0.1, 0.15) is 6.42 Å². The van der Waals surface area contributed by atoms with Gasteiger partial charge in [-0.15, -0.1) is 5.10 Å². The molecule has 2 atom stereocenters. The van der Waals surface area contributed by atoms with Gasteiger partial charge in [0.05, 0.1) is 13.2 Å². The van der Waals surface area contributed by atoms with E-state index in [-0.39, 0.29) is 18.9 Å². The van der Waals surface area contributed by atoms with E-state index in [0.717, 1.165) is 9.70 Å². The molecule has 1 aliphatic heterocycles. The van der Waals surface area contributed by atoms with Crippen LogP contribution in [0.4, 0.5) is 10.7 Å². The number of aliphatic hydroxyl groups excluding tert-OH is 1. The summed E-state index contributed by atoms with van der Waals surface area (Å²) in [6.45, 7) is -0.0386. The van der Waals surface area contributed by atoms with Crippen LogP contribution in [0.3, 0.4) is 0 Å². The minimum absolute atomic E-state index is 0.0106. The summed E-state index contributed by atoms with van der Waals surface area (Å²) in [4.78, 5) is 24.9. The number of tetrazole rings is 1. The van der Waals surface area contributed by atoms with E-state index >= 15 is 0 Å². The lowest BCUT2D eigenvalue weighted by Crippen LogP contribution is -2.43. The normalized spacial score (nSPS) is 23.1. The number of carbonyl (C=O) groups is 2. The smallest absolute Gasteiger partial charge is 0.326 e. The van der Waals surface area contributed by atoms with Crippen molar-refractivity contribution in [2.24, 2.45) is 7.05 Å². The minimum Gasteiger partial charge on any atom is -0.480 e. The van der Waals surface area contributed by atoms with Crippen LogP contribution in [0.15, 0.2) is 0 Å². The SMILES string of the molecule is Cn1nnc(NC(=O)N2CC(O)C[C@H]2C(=O)O)n1. The Morgan fingerprint density at radius 2 is 2.22 bits per heavy atom. The first-order valence-corrected chi connectivity index (χ1v) is 5.20. The van der Waals surface area contributed by atoms with Gasteiger partial charge >= 0.3 is 12.0 Å². The van der Waals surface area contributed by atoms with Gasteiger partial charge in [-0.25, -0.2) is 9.59 Å². The zero-order chi connectivity index (χ0) is 13.3. The summed E-state index contributed by atoms with van der Waals surface area (Å²) in [6.07, 6.45) is -0.830. The van der Waals surface area contributed by atoms with E-state index in [2.05, 4.69) is 20.7 Å². The molecule has 1 fully saturated rings. The maximum absolute atomic E-state index is 11.8. The second-order valence-electron chi connectivity index (χ2n) is 3.93. The highest BCUT2D eigenvalue weighted by Crippen LogP contribution is 2.18. The highest BCUT2D eigenvalue weighted by Gasteiger charge is 2.39. The van der Waals surface area contributed by atoms with E-state index in [1.54, 1.807) is 0 Å². The van der Waals surface area contributed by atoms with Crippen molar-refractivity contribution in [1.29, 1.82) is 0 Å². The van der Waals surface area contributed by atoms with E-state index in [4.69, 9.17) is 5.11 Å². The van der Waals surface area contributed by atoms with Crippen LogP contribution in [-0.2, 0) is 11.8 Å². The Kier molecular flexibility index (Phi) is 3.10. The molecule has 0 aromatic carbocycles. The first kappa shape index (κ1) is 12.2. The van der Waals surface area contributed by atoms with E-state index in [1.165, 1.54) is 7.05 Å². The zero-order valence-corrected chi connectivity index (χ0v) is 9.52. The maximum Gasteiger partial charge on any atom is 0.326 e. The number of anilines is 1. The molecule has 2 rings (SSSR count). The zero-order valence-electron chi connectivity index (χ0n) is 9.52. The third kappa shape index (κ3) is 2.37. The van der Waals surface area contributed by atoms with Gasteiger partial charge in [-0.3, -0.25) is 5.32 Å². The summed E-state index contributed by atoms with van der Waals surface area (Å²) in [6, 6.07) is -1.72. The fraction of sp³-hybridized carbons (Fsp3) is 0.625. The van der Waals surface area contributed by atoms with Crippen molar-refractivity contribution < 1.29 is 19.8 Å². The van der Waals surface area contributed by atoms with Gasteiger partial charge in [-0.2, -0.15) is 4.80 Å². The number of aryl methyl sites for hydroxylation is 1. The maximum atomic E-state index is 11.8. The summed E-state index contributed by atoms with van der Waals surface area (Å²) >= 11 is 0. The Bertz CT molecular complexity index is 474. The summed E-state index contributed by atoms with van der Waals surface area (Å²) in [7, 11) is 1.53. The predicted molar refractivity (Wildman–Crippen MR) is 56.6 cm³/mol. The molecular weight excluding hydrogens is 244 g/mol. The standard InChI is InChI=1S/C8H12N6O4/c1-13-11-7(10-12-13)9-8(18)14-3-4(15)2-5(14)6(16)17/h4-5,15H,2-3H2,1H3,(H,16,17)(H,9,11,18)/t4?,5-/m0/s1. The van der Waals surface area contributed by atoms with E-state index in [0.29, 0.717) is 0 Å². The highest BCUT2D eigenvalue weighted by molar-refractivity contribution is 5.91. The lowest BCUT2D eigenvalue weighted by molar-refractivity contribution is -0.141. The average molecular weight is 256 g/mol. The minimum atomic E-state index is -1.16. The molecule has 18 heavy (non-hydrogen) atoms. The Hall–Kier alpha value is -2.23. The van der Waals surface area contributed by atoms with Gasteiger partial charge in [0.25, 0.3) is 5.95 Å². The lowest BCUT2D eigenvalue weighted by Gasteiger charge is -2.20. The number of urea groups is 1. The number of aliphatic carboxylic acids is 1. The van der Waals surface area contributed by atoms with Gasteiger partial charge in [-0.05, 0) is 5.21 Å². The molecule has 0 saturated carbocycles. The van der Waals surface area contributed by atoms with Crippen molar-refractivity contribution in [2.45, 2.75) is 18.6 Å². The number of nitrogens with one attached hydrogen (secondary N) is 1. The molecule has 1 aliphatic rings. The fourth-order valence-electron chi connectivity index (χ4n) is 1.77. The first-order chi connectivity index (χ1) is 8.47. The third-order valence-corrected chi connectivity index (χ3v) is 2.55. The van der Waals surface area contributed by atoms with Crippen LogP contribution >= 0.6 is 0 Å². The number of rotatable bonds is 2. The molecule has 10 heteroatoms. The molecule has 1 aromatic rings. The Morgan fingerprint density at radius 1 is 1.50 bits per heavy atom. The molecule has 0 bridgehead atoms. The molecule has 0 aliphatic carbocycles. The van der Waals surface area contributed by atoms with Crippen LogP contribution in [0.25, 0.3) is 0 Å². The number of nitrogens with zero attached hydrogens (tertiary/aromatic N) is 5. The number of hydrogen-bond acceptors (Lipinski definition) is 6. The number of aliphatic hydroxyl groups is 1. The summed E-state index contributed by atoms with van der Waals surface area (Å²) in [5.41, 5.74) is 0. The molecular formula is C8H12N6O4. The number of aromatic nitrogens is 4. The number of carbonyl (C=O) groups excluding carboxylic acids is 1. The van der Waals surface area contributed by atoms with Crippen molar-refractivity contribution in [3.05, 3.63) is 0 Å². The summed E-state index contributed by atoms with van der Waals surface area (Å²) in [5.74, 6) is -1.18. The van der Waals surface area contributed by atoms with Gasteiger partial charge in [0.2, 0.25) is 0 Å². The number of carboxylic acid groups (broad SMARTS) is 1. The Morgan fingerprint density at radius 3 is 2.78 bits per heavy atom. The molecule has 10 nitrogen and oxygen atoms in total. The van der Waals surface area contributed by atoms with Crippen molar-refractivity contribution in [3.8, 4) is 0 Å². The number of carboxylic acids is 1. The second kappa shape index (κ2) is 4.56. The Balaban J connectivity index is 2.06. The molecule has 0 radical (unpaired) electrons.